The molecule has 6 nitrogen and oxygen atoms in total. The molecular weight excluding hydrogens is 230 g/mol. The van der Waals surface area contributed by atoms with Crippen molar-refractivity contribution in [3.05, 3.63) is 29.6 Å². The molecule has 0 aromatic carbocycles. The zero-order valence-electron chi connectivity index (χ0n) is 10.3. The van der Waals surface area contributed by atoms with Gasteiger partial charge in [-0.3, -0.25) is 4.98 Å². The van der Waals surface area contributed by atoms with Gasteiger partial charge < -0.3 is 16.2 Å². The van der Waals surface area contributed by atoms with Crippen molar-refractivity contribution in [1.82, 2.24) is 15.0 Å². The van der Waals surface area contributed by atoms with E-state index < -0.39 is 0 Å². The number of pyridine rings is 1. The first-order chi connectivity index (χ1) is 8.58. The first-order valence-corrected chi connectivity index (χ1v) is 5.63. The Hall–Kier alpha value is -2.37. The van der Waals surface area contributed by atoms with Crippen LogP contribution in [0.15, 0.2) is 18.2 Å². The Labute approximate surface area is 105 Å². The number of aromatic nitrogens is 3. The van der Waals surface area contributed by atoms with Crippen molar-refractivity contribution in [3.63, 3.8) is 0 Å². The Morgan fingerprint density at radius 3 is 2.61 bits per heavy atom. The van der Waals surface area contributed by atoms with E-state index in [4.69, 9.17) is 16.2 Å². The van der Waals surface area contributed by atoms with E-state index in [1.807, 2.05) is 26.0 Å². The fourth-order valence-electron chi connectivity index (χ4n) is 1.57. The highest BCUT2D eigenvalue weighted by atomic mass is 16.5. The molecule has 2 rings (SSSR count). The molecule has 2 heterocycles. The molecule has 0 saturated carbocycles. The van der Waals surface area contributed by atoms with Crippen LogP contribution < -0.4 is 16.2 Å². The maximum Gasteiger partial charge on any atom is 0.226 e. The van der Waals surface area contributed by atoms with Gasteiger partial charge in [0.25, 0.3) is 0 Å². The molecule has 2 aromatic rings. The lowest BCUT2D eigenvalue weighted by atomic mass is 10.2. The highest BCUT2D eigenvalue weighted by Crippen LogP contribution is 2.24. The van der Waals surface area contributed by atoms with E-state index in [0.29, 0.717) is 11.6 Å². The van der Waals surface area contributed by atoms with Crippen LogP contribution in [0.4, 0.5) is 11.8 Å². The van der Waals surface area contributed by atoms with Crippen molar-refractivity contribution in [2.75, 3.05) is 11.5 Å². The number of nitrogens with zero attached hydrogens (tertiary/aromatic N) is 3. The lowest BCUT2D eigenvalue weighted by Gasteiger charge is -2.09. The molecule has 4 N–H and O–H groups in total. The minimum absolute atomic E-state index is 0.0862. The molecule has 94 valence electrons. The number of rotatable bonds is 3. The topological polar surface area (TPSA) is 99.9 Å². The molecule has 0 fully saturated rings. The van der Waals surface area contributed by atoms with Crippen LogP contribution in [0.1, 0.15) is 18.3 Å². The van der Waals surface area contributed by atoms with Gasteiger partial charge in [0.15, 0.2) is 5.75 Å². The van der Waals surface area contributed by atoms with Gasteiger partial charge in [0.1, 0.15) is 5.82 Å². The Kier molecular flexibility index (Phi) is 3.27. The molecule has 0 spiro atoms. The minimum Gasteiger partial charge on any atom is -0.437 e. The third-order valence-electron chi connectivity index (χ3n) is 2.36. The number of aryl methyl sites for hydroxylation is 2. The number of hydrogen-bond donors (Lipinski definition) is 2. The quantitative estimate of drug-likeness (QED) is 0.853. The number of hydrogen-bond acceptors (Lipinski definition) is 6. The summed E-state index contributed by atoms with van der Waals surface area (Å²) < 4.78 is 5.64. The van der Waals surface area contributed by atoms with Crippen LogP contribution in [0, 0.1) is 6.92 Å². The Balaban J connectivity index is 2.33. The van der Waals surface area contributed by atoms with E-state index >= 15 is 0 Å². The van der Waals surface area contributed by atoms with Crippen LogP contribution in [-0.2, 0) is 6.42 Å². The number of ether oxygens (including phenoxy) is 1. The summed E-state index contributed by atoms with van der Waals surface area (Å²) in [7, 11) is 0. The Morgan fingerprint density at radius 1 is 1.17 bits per heavy atom. The number of anilines is 2. The van der Waals surface area contributed by atoms with Crippen molar-refractivity contribution < 1.29 is 4.74 Å². The summed E-state index contributed by atoms with van der Waals surface area (Å²) in [5, 5.41) is 0. The van der Waals surface area contributed by atoms with Crippen LogP contribution >= 0.6 is 0 Å². The van der Waals surface area contributed by atoms with Crippen LogP contribution in [0.2, 0.25) is 0 Å². The second-order valence-corrected chi connectivity index (χ2v) is 3.84. The summed E-state index contributed by atoms with van der Waals surface area (Å²) in [5.74, 6) is 1.33. The summed E-state index contributed by atoms with van der Waals surface area (Å²) in [6, 6.07) is 5.26. The molecule has 0 aliphatic carbocycles. The van der Waals surface area contributed by atoms with Crippen LogP contribution in [0.25, 0.3) is 0 Å². The lowest BCUT2D eigenvalue weighted by molar-refractivity contribution is 0.454. The SMILES string of the molecule is CCc1nc(C)ccc1Oc1cc(N)nc(N)n1. The molecular formula is C12H15N5O. The molecule has 18 heavy (non-hydrogen) atoms. The molecule has 0 saturated heterocycles. The molecule has 0 amide bonds. The van der Waals surface area contributed by atoms with E-state index in [-0.39, 0.29) is 11.8 Å². The Morgan fingerprint density at radius 2 is 1.94 bits per heavy atom. The van der Waals surface area contributed by atoms with Crippen LogP contribution in [-0.4, -0.2) is 15.0 Å². The largest absolute Gasteiger partial charge is 0.437 e. The van der Waals surface area contributed by atoms with E-state index in [1.165, 1.54) is 6.07 Å². The van der Waals surface area contributed by atoms with Gasteiger partial charge in [0.2, 0.25) is 11.8 Å². The van der Waals surface area contributed by atoms with E-state index in [2.05, 4.69) is 15.0 Å². The van der Waals surface area contributed by atoms with Gasteiger partial charge >= 0.3 is 0 Å². The maximum atomic E-state index is 5.64. The molecule has 0 unspecified atom stereocenters. The third-order valence-corrected chi connectivity index (χ3v) is 2.36. The smallest absolute Gasteiger partial charge is 0.226 e. The predicted octanol–water partition coefficient (Wildman–Crippen LogP) is 1.70. The van der Waals surface area contributed by atoms with Crippen molar-refractivity contribution in [2.24, 2.45) is 0 Å². The van der Waals surface area contributed by atoms with E-state index in [0.717, 1.165) is 17.8 Å². The normalized spacial score (nSPS) is 10.3. The highest BCUT2D eigenvalue weighted by molar-refractivity contribution is 5.41. The van der Waals surface area contributed by atoms with Crippen molar-refractivity contribution in [2.45, 2.75) is 20.3 Å². The fourth-order valence-corrected chi connectivity index (χ4v) is 1.57. The second kappa shape index (κ2) is 4.87. The molecule has 0 atom stereocenters. The van der Waals surface area contributed by atoms with Gasteiger partial charge in [-0.15, -0.1) is 0 Å². The van der Waals surface area contributed by atoms with Gasteiger partial charge in [0, 0.05) is 11.8 Å². The number of nitrogens with two attached hydrogens (primary N) is 2. The first kappa shape index (κ1) is 12.1. The summed E-state index contributed by atoms with van der Waals surface area (Å²) in [5.41, 5.74) is 12.9. The molecule has 0 radical (unpaired) electrons. The second-order valence-electron chi connectivity index (χ2n) is 3.84. The lowest BCUT2D eigenvalue weighted by Crippen LogP contribution is -2.02. The minimum atomic E-state index is 0.0862. The fraction of sp³-hybridized carbons (Fsp3) is 0.250. The van der Waals surface area contributed by atoms with Gasteiger partial charge in [-0.1, -0.05) is 6.92 Å². The summed E-state index contributed by atoms with van der Waals surface area (Å²) >= 11 is 0. The van der Waals surface area contributed by atoms with Gasteiger partial charge in [0.05, 0.1) is 5.69 Å². The first-order valence-electron chi connectivity index (χ1n) is 5.63. The predicted molar refractivity (Wildman–Crippen MR) is 69.3 cm³/mol. The summed E-state index contributed by atoms with van der Waals surface area (Å²) in [4.78, 5) is 12.1. The van der Waals surface area contributed by atoms with Gasteiger partial charge in [-0.25, -0.2) is 0 Å². The standard InChI is InChI=1S/C12H15N5O/c1-3-8-9(5-4-7(2)15-8)18-11-6-10(13)16-12(14)17-11/h4-6H,3H2,1-2H3,(H4,13,14,16,17). The zero-order chi connectivity index (χ0) is 13.1. The van der Waals surface area contributed by atoms with Crippen LogP contribution in [0.5, 0.6) is 11.6 Å². The van der Waals surface area contributed by atoms with Crippen molar-refractivity contribution in [3.8, 4) is 11.6 Å². The summed E-state index contributed by atoms with van der Waals surface area (Å²) in [6.07, 6.45) is 0.771. The summed E-state index contributed by atoms with van der Waals surface area (Å²) in [6.45, 7) is 3.95. The van der Waals surface area contributed by atoms with E-state index in [1.54, 1.807) is 0 Å². The molecule has 0 aliphatic heterocycles. The molecule has 2 aromatic heterocycles. The average Bonchev–Trinajstić information content (AvgIpc) is 2.30. The molecule has 6 heteroatoms. The third kappa shape index (κ3) is 2.65. The monoisotopic (exact) mass is 245 g/mol. The Bertz CT molecular complexity index is 550. The maximum absolute atomic E-state index is 5.64. The molecule has 0 bridgehead atoms. The average molecular weight is 245 g/mol. The van der Waals surface area contributed by atoms with Crippen molar-refractivity contribution in [1.29, 1.82) is 0 Å². The van der Waals surface area contributed by atoms with Crippen LogP contribution in [0.3, 0.4) is 0 Å². The molecule has 0 aliphatic rings. The van der Waals surface area contributed by atoms with Gasteiger partial charge in [-0.2, -0.15) is 9.97 Å². The highest BCUT2D eigenvalue weighted by Gasteiger charge is 2.08. The zero-order valence-corrected chi connectivity index (χ0v) is 10.3. The van der Waals surface area contributed by atoms with Crippen molar-refractivity contribution >= 4 is 11.8 Å². The number of nitrogen functional groups attached to an aromatic ring is 2. The van der Waals surface area contributed by atoms with Gasteiger partial charge in [-0.05, 0) is 25.5 Å². The van der Waals surface area contributed by atoms with E-state index in [9.17, 15) is 0 Å².